The third-order valence-electron chi connectivity index (χ3n) is 10.5. The Morgan fingerprint density at radius 1 is 0.635 bits per heavy atom. The molecule has 0 bridgehead atoms. The number of carbonyl (C=O) groups is 1. The summed E-state index contributed by atoms with van der Waals surface area (Å²) in [5.41, 5.74) is 16.1. The number of hydrogen-bond acceptors (Lipinski definition) is 18. The summed E-state index contributed by atoms with van der Waals surface area (Å²) in [6.45, 7) is 2.87. The topological polar surface area (TPSA) is 253 Å². The molecule has 0 atom stereocenters. The van der Waals surface area contributed by atoms with Crippen LogP contribution in [0.1, 0.15) is 25.7 Å². The fraction of sp³-hybridized carbons (Fsp3) is 0.293. The number of nitrogen functional groups attached to an aromatic ring is 2. The van der Waals surface area contributed by atoms with Crippen LogP contribution >= 0.6 is 22.7 Å². The maximum absolute atomic E-state index is 11.1. The Morgan fingerprint density at radius 2 is 1.08 bits per heavy atom. The van der Waals surface area contributed by atoms with Crippen molar-refractivity contribution in [2.45, 2.75) is 37.9 Å². The second-order valence-corrected chi connectivity index (χ2v) is 16.4. The SMILES string of the molecule is COc1cc(-c2nn3c(-c4cnc(N)nc4)cnc3s2)ccc1OC1CCN(C(=O)O)CC1.COc1cc(-c2nn3c(-c4cnc(N)nc4)cnc3s2)ccc1OC1CCNCC1. The molecule has 63 heavy (non-hydrogen) atoms. The summed E-state index contributed by atoms with van der Waals surface area (Å²) in [4.78, 5) is 39.1. The van der Waals surface area contributed by atoms with Crippen LogP contribution in [0.25, 0.3) is 53.6 Å². The van der Waals surface area contributed by atoms with Crippen LogP contribution in [0.3, 0.4) is 0 Å². The summed E-state index contributed by atoms with van der Waals surface area (Å²) in [5, 5.41) is 23.5. The number of aromatic nitrogens is 10. The highest BCUT2D eigenvalue weighted by Crippen LogP contribution is 2.38. The van der Waals surface area contributed by atoms with E-state index in [9.17, 15) is 4.79 Å². The number of likely N-dealkylation sites (tertiary alicyclic amines) is 1. The fourth-order valence-electron chi connectivity index (χ4n) is 7.19. The Bertz CT molecular complexity index is 2850. The number of nitrogens with two attached hydrogens (primary N) is 2. The van der Waals surface area contributed by atoms with Gasteiger partial charge < -0.3 is 45.7 Å². The highest BCUT2D eigenvalue weighted by Gasteiger charge is 2.25. The molecule has 6 aromatic heterocycles. The Hall–Kier alpha value is -7.17. The molecule has 2 saturated heterocycles. The smallest absolute Gasteiger partial charge is 0.407 e. The van der Waals surface area contributed by atoms with E-state index in [0.29, 0.717) is 43.2 Å². The van der Waals surface area contributed by atoms with Crippen LogP contribution in [0.4, 0.5) is 16.7 Å². The first-order chi connectivity index (χ1) is 30.7. The number of nitrogens with one attached hydrogen (secondary N) is 1. The fourth-order valence-corrected chi connectivity index (χ4v) is 8.93. The molecule has 8 heterocycles. The summed E-state index contributed by atoms with van der Waals surface area (Å²) in [7, 11) is 3.25. The van der Waals surface area contributed by atoms with Crippen molar-refractivity contribution in [2.24, 2.45) is 0 Å². The Kier molecular flexibility index (Phi) is 11.8. The van der Waals surface area contributed by atoms with Crippen LogP contribution in [0, 0.1) is 0 Å². The average Bonchev–Trinajstić information content (AvgIpc) is 4.11. The van der Waals surface area contributed by atoms with Gasteiger partial charge in [0.25, 0.3) is 0 Å². The van der Waals surface area contributed by atoms with Crippen LogP contribution in [0.5, 0.6) is 23.0 Å². The van der Waals surface area contributed by atoms with Gasteiger partial charge in [0.1, 0.15) is 22.2 Å². The normalized spacial score (nSPS) is 14.7. The lowest BCUT2D eigenvalue weighted by Gasteiger charge is -2.30. The van der Waals surface area contributed by atoms with Gasteiger partial charge in [-0.2, -0.15) is 10.2 Å². The minimum Gasteiger partial charge on any atom is -0.493 e. The molecule has 8 aromatic rings. The second kappa shape index (κ2) is 18.0. The van der Waals surface area contributed by atoms with Gasteiger partial charge in [-0.05, 0) is 62.3 Å². The number of anilines is 2. The summed E-state index contributed by atoms with van der Waals surface area (Å²) in [6.07, 6.45) is 12.6. The Balaban J connectivity index is 0.000000161. The van der Waals surface area contributed by atoms with E-state index >= 15 is 0 Å². The number of methoxy groups -OCH3 is 2. The van der Waals surface area contributed by atoms with Crippen LogP contribution < -0.4 is 35.7 Å². The summed E-state index contributed by atoms with van der Waals surface area (Å²) in [6, 6.07) is 11.6. The van der Waals surface area contributed by atoms with Crippen molar-refractivity contribution >= 4 is 50.6 Å². The number of carboxylic acid groups (broad SMARTS) is 1. The lowest BCUT2D eigenvalue weighted by Crippen LogP contribution is -2.41. The zero-order chi connectivity index (χ0) is 43.5. The summed E-state index contributed by atoms with van der Waals surface area (Å²) >= 11 is 2.95. The standard InChI is InChI=1S/C21H21N7O4S.C20H21N7O2S/c1-31-17-8-12(2-3-16(17)32-14-4-6-27(7-5-14)21(29)30)18-26-28-15(11-25-20(28)33-18)13-9-23-19(22)24-10-13;1-28-17-8-12(2-3-16(17)29-14-4-6-22-7-5-14)18-26-27-15(11-25-20(27)30-18)13-9-23-19(21)24-10-13/h2-3,8-11,14H,4-7H2,1H3,(H,29,30)(H2,22,23,24);2-3,8-11,14,22H,4-7H2,1H3,(H2,21,23,24). The molecule has 324 valence electrons. The summed E-state index contributed by atoms with van der Waals surface area (Å²) < 4.78 is 27.0. The van der Waals surface area contributed by atoms with Crippen LogP contribution in [0.15, 0.2) is 73.6 Å². The van der Waals surface area contributed by atoms with Gasteiger partial charge in [0, 0.05) is 73.0 Å². The maximum atomic E-state index is 11.1. The van der Waals surface area contributed by atoms with Gasteiger partial charge >= 0.3 is 6.09 Å². The molecule has 0 spiro atoms. The van der Waals surface area contributed by atoms with Gasteiger partial charge in [-0.1, -0.05) is 22.7 Å². The van der Waals surface area contributed by atoms with Gasteiger partial charge in [-0.3, -0.25) is 0 Å². The van der Waals surface area contributed by atoms with Crippen LogP contribution in [-0.4, -0.2) is 118 Å². The third kappa shape index (κ3) is 8.94. The van der Waals surface area contributed by atoms with Crippen molar-refractivity contribution < 1.29 is 28.8 Å². The second-order valence-electron chi connectivity index (χ2n) is 14.5. The van der Waals surface area contributed by atoms with Crippen molar-refractivity contribution in [3.05, 3.63) is 73.6 Å². The molecule has 0 unspecified atom stereocenters. The van der Waals surface area contributed by atoms with Gasteiger partial charge in [0.15, 0.2) is 23.0 Å². The van der Waals surface area contributed by atoms with Crippen LogP contribution in [-0.2, 0) is 0 Å². The number of fused-ring (bicyclic) bond motifs is 2. The quantitative estimate of drug-likeness (QED) is 0.129. The molecule has 2 fully saturated rings. The predicted octanol–water partition coefficient (Wildman–Crippen LogP) is 5.66. The molecular weight excluding hydrogens is 849 g/mol. The van der Waals surface area contributed by atoms with E-state index in [1.807, 2.05) is 36.4 Å². The molecule has 22 heteroatoms. The lowest BCUT2D eigenvalue weighted by atomic mass is 10.1. The van der Waals surface area contributed by atoms with E-state index in [0.717, 1.165) is 85.3 Å². The van der Waals surface area contributed by atoms with Gasteiger partial charge in [-0.15, -0.1) is 0 Å². The van der Waals surface area contributed by atoms with Crippen molar-refractivity contribution in [1.82, 2.24) is 59.3 Å². The van der Waals surface area contributed by atoms with Gasteiger partial charge in [0.05, 0.1) is 38.0 Å². The third-order valence-corrected chi connectivity index (χ3v) is 12.5. The molecular formula is C41H42N14O6S2. The molecule has 0 saturated carbocycles. The van der Waals surface area contributed by atoms with E-state index < -0.39 is 6.09 Å². The van der Waals surface area contributed by atoms with Gasteiger partial charge in [-0.25, -0.2) is 43.7 Å². The van der Waals surface area contributed by atoms with Gasteiger partial charge in [0.2, 0.25) is 21.8 Å². The van der Waals surface area contributed by atoms with Crippen molar-refractivity contribution in [3.63, 3.8) is 0 Å². The molecule has 0 aliphatic carbocycles. The molecule has 0 radical (unpaired) electrons. The van der Waals surface area contributed by atoms with E-state index in [-0.39, 0.29) is 24.1 Å². The largest absolute Gasteiger partial charge is 0.493 e. The lowest BCUT2D eigenvalue weighted by molar-refractivity contribution is 0.0878. The van der Waals surface area contributed by atoms with E-state index in [1.54, 1.807) is 60.4 Å². The molecule has 10 rings (SSSR count). The monoisotopic (exact) mass is 890 g/mol. The first-order valence-corrected chi connectivity index (χ1v) is 21.6. The minimum atomic E-state index is -0.891. The number of hydrogen-bond donors (Lipinski definition) is 4. The first-order valence-electron chi connectivity index (χ1n) is 20.0. The van der Waals surface area contributed by atoms with E-state index in [2.05, 4.69) is 35.2 Å². The predicted molar refractivity (Wildman–Crippen MR) is 236 cm³/mol. The number of imidazole rings is 2. The molecule has 2 aromatic carbocycles. The average molecular weight is 891 g/mol. The number of benzene rings is 2. The van der Waals surface area contributed by atoms with E-state index in [4.69, 9.17) is 45.7 Å². The number of amides is 1. The Morgan fingerprint density at radius 3 is 1.51 bits per heavy atom. The summed E-state index contributed by atoms with van der Waals surface area (Å²) in [5.74, 6) is 3.11. The molecule has 1 amide bonds. The molecule has 6 N–H and O–H groups in total. The maximum Gasteiger partial charge on any atom is 0.407 e. The number of ether oxygens (including phenoxy) is 4. The zero-order valence-corrected chi connectivity index (χ0v) is 35.8. The number of rotatable bonds is 10. The van der Waals surface area contributed by atoms with Crippen molar-refractivity contribution in [3.8, 4) is 66.7 Å². The zero-order valence-electron chi connectivity index (χ0n) is 34.1. The number of nitrogens with zero attached hydrogens (tertiary/aromatic N) is 11. The Labute approximate surface area is 367 Å². The molecule has 2 aliphatic heterocycles. The minimum absolute atomic E-state index is 0.0619. The van der Waals surface area contributed by atoms with Crippen molar-refractivity contribution in [2.75, 3.05) is 51.9 Å². The van der Waals surface area contributed by atoms with E-state index in [1.165, 1.54) is 27.6 Å². The molecule has 2 aliphatic rings. The highest BCUT2D eigenvalue weighted by molar-refractivity contribution is 7.20. The highest BCUT2D eigenvalue weighted by atomic mass is 32.1. The van der Waals surface area contributed by atoms with Crippen LogP contribution in [0.2, 0.25) is 0 Å². The molecule has 20 nitrogen and oxygen atoms in total. The van der Waals surface area contributed by atoms with Crippen molar-refractivity contribution in [1.29, 1.82) is 0 Å². The number of piperidine rings is 2. The first kappa shape index (κ1) is 41.2.